The monoisotopic (exact) mass is 501 g/mol. The number of aromatic nitrogens is 2. The molecule has 0 spiro atoms. The summed E-state index contributed by atoms with van der Waals surface area (Å²) in [7, 11) is 4.13. The minimum Gasteiger partial charge on any atom is -0.324 e. The highest BCUT2D eigenvalue weighted by Gasteiger charge is 2.12. The van der Waals surface area contributed by atoms with Crippen LogP contribution < -0.4 is 10.6 Å². The number of anilines is 3. The Hall–Kier alpha value is -4.55. The molecule has 38 heavy (non-hydrogen) atoms. The topological polar surface area (TPSA) is 70.2 Å². The third-order valence-corrected chi connectivity index (χ3v) is 6.45. The molecule has 190 valence electrons. The molecule has 0 saturated carbocycles. The molecule has 5 aromatic rings. The number of aryl methyl sites for hydroxylation is 2. The van der Waals surface area contributed by atoms with Gasteiger partial charge in [0.2, 0.25) is 5.95 Å². The van der Waals surface area contributed by atoms with E-state index >= 15 is 0 Å². The van der Waals surface area contributed by atoms with Gasteiger partial charge in [-0.15, -0.1) is 0 Å². The summed E-state index contributed by atoms with van der Waals surface area (Å²) in [6.45, 7) is 4.87. The average Bonchev–Trinajstić information content (AvgIpc) is 2.91. The fraction of sp³-hybridized carbons (Fsp3) is 0.156. The van der Waals surface area contributed by atoms with E-state index in [1.165, 1.54) is 5.56 Å². The molecule has 6 nitrogen and oxygen atoms in total. The zero-order valence-electron chi connectivity index (χ0n) is 22.1. The first-order valence-corrected chi connectivity index (χ1v) is 12.6. The van der Waals surface area contributed by atoms with Crippen LogP contribution in [0.25, 0.3) is 22.2 Å². The number of nitrogens with zero attached hydrogens (tertiary/aromatic N) is 3. The lowest BCUT2D eigenvalue weighted by molar-refractivity contribution is 0.102. The van der Waals surface area contributed by atoms with Gasteiger partial charge in [0.15, 0.2) is 0 Å². The minimum absolute atomic E-state index is 0.143. The minimum atomic E-state index is -0.143. The first-order valence-electron chi connectivity index (χ1n) is 12.6. The zero-order valence-corrected chi connectivity index (χ0v) is 22.1. The van der Waals surface area contributed by atoms with Gasteiger partial charge in [-0.3, -0.25) is 4.79 Å². The molecular weight excluding hydrogens is 470 g/mol. The first-order chi connectivity index (χ1) is 18.4. The number of fused-ring (bicyclic) bond motifs is 1. The van der Waals surface area contributed by atoms with Crippen molar-refractivity contribution in [1.82, 2.24) is 14.9 Å². The Bertz CT molecular complexity index is 1570. The molecule has 1 heterocycles. The Labute approximate surface area is 223 Å². The van der Waals surface area contributed by atoms with Crippen LogP contribution in [0.3, 0.4) is 0 Å². The molecular formula is C32H31N5O. The quantitative estimate of drug-likeness (QED) is 0.252. The van der Waals surface area contributed by atoms with Crippen LogP contribution >= 0.6 is 0 Å². The van der Waals surface area contributed by atoms with Crippen molar-refractivity contribution in [3.8, 4) is 11.3 Å². The van der Waals surface area contributed by atoms with Crippen LogP contribution in [0.15, 0.2) is 91.0 Å². The average molecular weight is 502 g/mol. The number of carbonyl (C=O) groups excluding carboxylic acids is 1. The number of hydrogen-bond donors (Lipinski definition) is 2. The molecule has 1 aromatic heterocycles. The van der Waals surface area contributed by atoms with E-state index in [1.807, 2.05) is 68.4 Å². The number of amides is 1. The Morgan fingerprint density at radius 2 is 1.47 bits per heavy atom. The number of carbonyl (C=O) groups is 1. The molecule has 0 bridgehead atoms. The van der Waals surface area contributed by atoms with Gasteiger partial charge in [-0.25, -0.2) is 9.97 Å². The van der Waals surface area contributed by atoms with Crippen molar-refractivity contribution >= 4 is 34.1 Å². The third kappa shape index (κ3) is 5.56. The van der Waals surface area contributed by atoms with E-state index in [0.29, 0.717) is 11.5 Å². The SMILES string of the molecule is Cc1cccc(C)c1NC(=O)c1ccc(Nc2nc(-c3ccc(CN(C)C)cc3)c3ccccc3n2)cc1. The van der Waals surface area contributed by atoms with E-state index in [1.54, 1.807) is 12.1 Å². The lowest BCUT2D eigenvalue weighted by Gasteiger charge is -2.13. The number of hydrogen-bond acceptors (Lipinski definition) is 5. The molecule has 0 aliphatic heterocycles. The molecule has 4 aromatic carbocycles. The van der Waals surface area contributed by atoms with Crippen molar-refractivity contribution in [2.24, 2.45) is 0 Å². The van der Waals surface area contributed by atoms with Crippen LogP contribution in [0.2, 0.25) is 0 Å². The molecule has 5 rings (SSSR count). The highest BCUT2D eigenvalue weighted by molar-refractivity contribution is 6.05. The van der Waals surface area contributed by atoms with Gasteiger partial charge < -0.3 is 15.5 Å². The Balaban J connectivity index is 1.39. The van der Waals surface area contributed by atoms with Gasteiger partial charge in [0, 0.05) is 34.4 Å². The van der Waals surface area contributed by atoms with Gasteiger partial charge in [-0.1, -0.05) is 60.7 Å². The molecule has 0 aliphatic rings. The smallest absolute Gasteiger partial charge is 0.255 e. The summed E-state index contributed by atoms with van der Waals surface area (Å²) >= 11 is 0. The summed E-state index contributed by atoms with van der Waals surface area (Å²) in [6, 6.07) is 29.8. The predicted octanol–water partition coefficient (Wildman–Crippen LogP) is 6.97. The van der Waals surface area contributed by atoms with Crippen molar-refractivity contribution in [2.75, 3.05) is 24.7 Å². The van der Waals surface area contributed by atoms with Gasteiger partial charge in [-0.05, 0) is 75.0 Å². The van der Waals surface area contributed by atoms with Gasteiger partial charge in [0.1, 0.15) is 0 Å². The van der Waals surface area contributed by atoms with Crippen LogP contribution in [0.5, 0.6) is 0 Å². The van der Waals surface area contributed by atoms with Crippen LogP contribution in [-0.2, 0) is 6.54 Å². The van der Waals surface area contributed by atoms with E-state index < -0.39 is 0 Å². The Kier molecular flexibility index (Phi) is 7.15. The van der Waals surface area contributed by atoms with Crippen molar-refractivity contribution in [2.45, 2.75) is 20.4 Å². The lowest BCUT2D eigenvalue weighted by Crippen LogP contribution is -2.13. The molecule has 6 heteroatoms. The molecule has 0 fully saturated rings. The van der Waals surface area contributed by atoms with E-state index in [0.717, 1.165) is 51.2 Å². The normalized spacial score (nSPS) is 11.1. The molecule has 2 N–H and O–H groups in total. The molecule has 0 aliphatic carbocycles. The van der Waals surface area contributed by atoms with Gasteiger partial charge in [0.25, 0.3) is 5.91 Å². The summed E-state index contributed by atoms with van der Waals surface area (Å²) in [4.78, 5) is 24.6. The fourth-order valence-corrected chi connectivity index (χ4v) is 4.52. The van der Waals surface area contributed by atoms with Crippen LogP contribution in [-0.4, -0.2) is 34.9 Å². The number of rotatable bonds is 7. The number of nitrogens with one attached hydrogen (secondary N) is 2. The van der Waals surface area contributed by atoms with E-state index in [-0.39, 0.29) is 5.91 Å². The number of para-hydroxylation sites is 2. The lowest BCUT2D eigenvalue weighted by atomic mass is 10.0. The summed E-state index contributed by atoms with van der Waals surface area (Å²) in [5, 5.41) is 7.35. The maximum Gasteiger partial charge on any atom is 0.255 e. The van der Waals surface area contributed by atoms with Crippen LogP contribution in [0.4, 0.5) is 17.3 Å². The largest absolute Gasteiger partial charge is 0.324 e. The van der Waals surface area contributed by atoms with Crippen molar-refractivity contribution in [3.05, 3.63) is 113 Å². The predicted molar refractivity (Wildman–Crippen MR) is 156 cm³/mol. The third-order valence-electron chi connectivity index (χ3n) is 6.45. The van der Waals surface area contributed by atoms with Crippen LogP contribution in [0, 0.1) is 13.8 Å². The van der Waals surface area contributed by atoms with E-state index in [9.17, 15) is 4.79 Å². The standard InChI is InChI=1S/C32H31N5O/c1-21-8-7-9-22(2)29(21)35-31(38)25-16-18-26(19-17-25)33-32-34-28-11-6-5-10-27(28)30(36-32)24-14-12-23(13-15-24)20-37(3)4/h5-19H,20H2,1-4H3,(H,35,38)(H,33,34,36). The van der Waals surface area contributed by atoms with Crippen molar-refractivity contribution < 1.29 is 4.79 Å². The van der Waals surface area contributed by atoms with Gasteiger partial charge in [0.05, 0.1) is 11.2 Å². The molecule has 0 atom stereocenters. The maximum absolute atomic E-state index is 12.9. The number of benzene rings is 4. The zero-order chi connectivity index (χ0) is 26.6. The van der Waals surface area contributed by atoms with Gasteiger partial charge in [-0.2, -0.15) is 0 Å². The van der Waals surface area contributed by atoms with E-state index in [4.69, 9.17) is 9.97 Å². The van der Waals surface area contributed by atoms with Crippen molar-refractivity contribution in [3.63, 3.8) is 0 Å². The van der Waals surface area contributed by atoms with E-state index in [2.05, 4.69) is 53.9 Å². The second-order valence-corrected chi connectivity index (χ2v) is 9.77. The highest BCUT2D eigenvalue weighted by atomic mass is 16.1. The van der Waals surface area contributed by atoms with Gasteiger partial charge >= 0.3 is 0 Å². The molecule has 0 radical (unpaired) electrons. The summed E-state index contributed by atoms with van der Waals surface area (Å²) < 4.78 is 0. The summed E-state index contributed by atoms with van der Waals surface area (Å²) in [5.74, 6) is 0.361. The maximum atomic E-state index is 12.9. The fourth-order valence-electron chi connectivity index (χ4n) is 4.52. The molecule has 1 amide bonds. The highest BCUT2D eigenvalue weighted by Crippen LogP contribution is 2.29. The summed E-state index contributed by atoms with van der Waals surface area (Å²) in [6.07, 6.45) is 0. The second kappa shape index (κ2) is 10.8. The molecule has 0 saturated heterocycles. The Morgan fingerprint density at radius 1 is 0.789 bits per heavy atom. The van der Waals surface area contributed by atoms with Crippen molar-refractivity contribution in [1.29, 1.82) is 0 Å². The summed E-state index contributed by atoms with van der Waals surface area (Å²) in [5.41, 5.74) is 8.33. The molecule has 0 unspecified atom stereocenters. The first kappa shape index (κ1) is 25.1. The second-order valence-electron chi connectivity index (χ2n) is 9.77. The van der Waals surface area contributed by atoms with Crippen LogP contribution in [0.1, 0.15) is 27.0 Å². The Morgan fingerprint density at radius 3 is 2.16 bits per heavy atom.